The van der Waals surface area contributed by atoms with Crippen LogP contribution in [0, 0.1) is 28.1 Å². The number of esters is 4. The van der Waals surface area contributed by atoms with Crippen molar-refractivity contribution in [1.82, 2.24) is 20.9 Å². The molecule has 556 valence electrons. The third-order valence-corrected chi connectivity index (χ3v) is 21.5. The monoisotopic (exact) mass is 1400 g/mol. The number of ether oxygens (including phenoxy) is 9. The molecule has 15 atom stereocenters. The molecule has 0 radical (unpaired) electrons. The van der Waals surface area contributed by atoms with Gasteiger partial charge < -0.3 is 73.9 Å². The van der Waals surface area contributed by atoms with Crippen molar-refractivity contribution < 1.29 is 101 Å². The highest BCUT2D eigenvalue weighted by molar-refractivity contribution is 5.95. The van der Waals surface area contributed by atoms with Gasteiger partial charge in [0, 0.05) is 69.8 Å². The highest BCUT2D eigenvalue weighted by Gasteiger charge is 2.83. The number of carbonyl (C=O) groups excluding carboxylic acids is 9. The van der Waals surface area contributed by atoms with Gasteiger partial charge in [0.15, 0.2) is 17.2 Å². The van der Waals surface area contributed by atoms with Crippen LogP contribution in [0.25, 0.3) is 0 Å². The van der Waals surface area contributed by atoms with Gasteiger partial charge in [0.2, 0.25) is 17.9 Å². The number of Topliss-reactive ketones (excluding diaryl/α,β-unsaturated/α-hetero) is 2. The van der Waals surface area contributed by atoms with Crippen LogP contribution in [-0.4, -0.2) is 205 Å². The van der Waals surface area contributed by atoms with E-state index in [0.717, 1.165) is 6.92 Å². The Hall–Kier alpha value is -6.71. The van der Waals surface area contributed by atoms with E-state index in [1.54, 1.807) is 83.3 Å². The molecular formula is C75H110N4O21. The van der Waals surface area contributed by atoms with E-state index >= 15 is 14.4 Å². The van der Waals surface area contributed by atoms with Crippen LogP contribution in [0.3, 0.4) is 0 Å². The first-order valence-electron chi connectivity index (χ1n) is 35.7. The van der Waals surface area contributed by atoms with Gasteiger partial charge in [-0.05, 0) is 141 Å². The normalized spacial score (nSPS) is 27.2. The van der Waals surface area contributed by atoms with E-state index in [-0.39, 0.29) is 85.7 Å². The van der Waals surface area contributed by atoms with Crippen LogP contribution in [0.15, 0.2) is 71.8 Å². The van der Waals surface area contributed by atoms with Crippen LogP contribution in [-0.2, 0) is 76.2 Å². The number of alkyl carbamates (subject to hydrolysis) is 1. The number of aliphatic hydroxyl groups is 3. The van der Waals surface area contributed by atoms with Gasteiger partial charge in [0.25, 0.3) is 0 Å². The van der Waals surface area contributed by atoms with Crippen molar-refractivity contribution in [3.63, 3.8) is 0 Å². The molecule has 0 bridgehead atoms. The van der Waals surface area contributed by atoms with Gasteiger partial charge in [-0.25, -0.2) is 14.4 Å². The van der Waals surface area contributed by atoms with Gasteiger partial charge in [0.1, 0.15) is 47.7 Å². The summed E-state index contributed by atoms with van der Waals surface area (Å²) in [5, 5.41) is 47.5. The number of nitrogens with zero attached hydrogens (tertiary/aromatic N) is 1. The van der Waals surface area contributed by atoms with Gasteiger partial charge in [-0.15, -0.1) is 0 Å². The fourth-order valence-electron chi connectivity index (χ4n) is 15.7. The zero-order chi connectivity index (χ0) is 73.5. The molecule has 4 aliphatic carbocycles. The van der Waals surface area contributed by atoms with Crippen molar-refractivity contribution in [1.29, 1.82) is 0 Å². The van der Waals surface area contributed by atoms with E-state index in [2.05, 4.69) is 16.0 Å². The molecule has 2 aromatic carbocycles. The van der Waals surface area contributed by atoms with E-state index in [0.29, 0.717) is 91.0 Å². The predicted molar refractivity (Wildman–Crippen MR) is 366 cm³/mol. The molecule has 3 amide bonds. The molecule has 7 rings (SSSR count). The first-order valence-corrected chi connectivity index (χ1v) is 35.7. The summed E-state index contributed by atoms with van der Waals surface area (Å²) in [7, 11) is 1.60. The minimum Gasteiger partial charge on any atom is -0.455 e. The Morgan fingerprint density at radius 3 is 2.00 bits per heavy atom. The Morgan fingerprint density at radius 1 is 0.770 bits per heavy atom. The number of methoxy groups -OCH3 is 1. The molecule has 25 nitrogen and oxygen atoms in total. The minimum atomic E-state index is -2.27. The molecule has 0 spiro atoms. The number of hydrogen-bond acceptors (Lipinski definition) is 22. The largest absolute Gasteiger partial charge is 0.455 e. The van der Waals surface area contributed by atoms with Gasteiger partial charge in [-0.1, -0.05) is 90.1 Å². The molecule has 3 unspecified atom stereocenters. The smallest absolute Gasteiger partial charge is 0.408 e. The number of nitrogens with one attached hydrogen (secondary N) is 3. The summed E-state index contributed by atoms with van der Waals surface area (Å²) in [4.78, 5) is 132. The number of benzene rings is 2. The molecule has 25 heteroatoms. The number of carbonyl (C=O) groups is 9. The number of fused-ring (bicyclic) bond motifs is 3. The van der Waals surface area contributed by atoms with Crippen molar-refractivity contribution in [2.75, 3.05) is 66.4 Å². The fraction of sp³-hybridized carbons (Fsp3) is 0.693. The zero-order valence-corrected chi connectivity index (χ0v) is 60.8. The molecule has 1 aliphatic heterocycles. The highest BCUT2D eigenvalue weighted by Crippen LogP contribution is 2.73. The molecule has 100 heavy (non-hydrogen) atoms. The Balaban J connectivity index is 1.20. The van der Waals surface area contributed by atoms with E-state index < -0.39 is 141 Å². The molecular weight excluding hydrogens is 1290 g/mol. The maximum Gasteiger partial charge on any atom is 0.408 e. The second-order valence-corrected chi connectivity index (χ2v) is 29.1. The third-order valence-electron chi connectivity index (χ3n) is 21.5. The summed E-state index contributed by atoms with van der Waals surface area (Å²) in [6, 6.07) is 12.4. The quantitative estimate of drug-likeness (QED) is 0.0166. The van der Waals surface area contributed by atoms with Crippen molar-refractivity contribution in [3.8, 4) is 0 Å². The Labute approximate surface area is 588 Å². The maximum atomic E-state index is 15.9. The third kappa shape index (κ3) is 17.7. The average Bonchev–Trinajstić information content (AvgIpc) is 1.31. The molecule has 0 aromatic heterocycles. The van der Waals surface area contributed by atoms with Crippen LogP contribution in [0.4, 0.5) is 4.79 Å². The summed E-state index contributed by atoms with van der Waals surface area (Å²) >= 11 is 0. The van der Waals surface area contributed by atoms with Crippen molar-refractivity contribution in [2.45, 2.75) is 238 Å². The van der Waals surface area contributed by atoms with E-state index in [4.69, 9.17) is 42.6 Å². The number of rotatable bonds is 38. The van der Waals surface area contributed by atoms with Crippen LogP contribution in [0.2, 0.25) is 0 Å². The van der Waals surface area contributed by atoms with Gasteiger partial charge in [0.05, 0.1) is 55.5 Å². The van der Waals surface area contributed by atoms with Crippen LogP contribution in [0.5, 0.6) is 0 Å². The topological polar surface area (TPSA) is 337 Å². The fourth-order valence-corrected chi connectivity index (χ4v) is 15.7. The van der Waals surface area contributed by atoms with Gasteiger partial charge >= 0.3 is 30.0 Å². The molecule has 2 aromatic rings. The Morgan fingerprint density at radius 2 is 1.41 bits per heavy atom. The summed E-state index contributed by atoms with van der Waals surface area (Å²) in [5.41, 5.74) is -9.40. The lowest BCUT2D eigenvalue weighted by atomic mass is 9.40. The molecule has 6 N–H and O–H groups in total. The summed E-state index contributed by atoms with van der Waals surface area (Å²) < 4.78 is 53.4. The first-order chi connectivity index (χ1) is 47.4. The maximum absolute atomic E-state index is 15.9. The number of aliphatic hydroxyl groups excluding tert-OH is 2. The van der Waals surface area contributed by atoms with E-state index in [1.165, 1.54) is 26.0 Å². The average molecular weight is 1400 g/mol. The van der Waals surface area contributed by atoms with Gasteiger partial charge in [-0.3, -0.25) is 33.7 Å². The lowest BCUT2D eigenvalue weighted by molar-refractivity contribution is -0.357. The molecule has 1 saturated heterocycles. The number of amides is 3. The number of ketones is 2. The van der Waals surface area contributed by atoms with Crippen LogP contribution < -0.4 is 16.0 Å². The lowest BCUT2D eigenvalue weighted by Gasteiger charge is -2.70. The standard InChI is InChI=1S/C75H110N4O21/c1-14-36-79(37-15-2)52(32-33-56(83)77-51(63(85)71(10,16-3)17-4)31-24-25-35-76-55(82)34-40-93-38-26-39-94-42-41-92-13)67(88)97-61(58(48-27-20-18-21-28-48)78-69(90)100-70(7,8)9)68(89)96-60-46(5)57-59(84)64(86)72(11)53(81)43-54-74(45-95-54,99-47(6)80)62(72)65(75(91)44-50(60)73(57,75)12)98-66(87)49-29-22-19-23-30-49/h18-23,27-30,50-54,58-62,65,81,84,91H,14-17,24-26,31-45H2,1-13H3,(H,76,82)(H,77,83)(H,78,90)/t50?,51?,52-,53-,54+,58-,59+,60+,61+,62-,65-,72+,73?,74-,75+/m0/s1. The second-order valence-electron chi connectivity index (χ2n) is 29.1. The Bertz CT molecular complexity index is 3190. The molecule has 4 fully saturated rings. The highest BCUT2D eigenvalue weighted by atomic mass is 16.6. The van der Waals surface area contributed by atoms with Gasteiger partial charge in [-0.2, -0.15) is 0 Å². The van der Waals surface area contributed by atoms with E-state index in [1.807, 2.05) is 39.5 Å². The summed E-state index contributed by atoms with van der Waals surface area (Å²) in [5.74, 6) is -8.24. The second kappa shape index (κ2) is 35.0. The SMILES string of the molecule is CCCN(CCC)[C@@H](CCC(=O)NC(CCCCNC(=O)CCOCCCOCCOC)C(=O)C(C)(CC)CC)C(=O)O[C@@H](C(=O)O[C@@H]1C(C)=C2[C@@H](O)C(=O)[C@@]3(C)[C@H]([C@H](OC(=O)c4ccccc4)[C@]4(O)CC1C24C)[C@]1(OC(C)=O)CO[C@@H]1C[C@@H]3O)[C@@H](NC(=O)OC(C)(C)C)c1ccccc1. The molecule has 1 heterocycles. The number of unbranched alkanes of at least 4 members (excludes halogenated alkanes) is 1. The lowest BCUT2D eigenvalue weighted by Crippen LogP contribution is -2.83. The first kappa shape index (κ1) is 80.6. The van der Waals surface area contributed by atoms with Crippen molar-refractivity contribution in [2.24, 2.45) is 28.1 Å². The van der Waals surface area contributed by atoms with Crippen LogP contribution >= 0.6 is 0 Å². The number of hydrogen-bond donors (Lipinski definition) is 6. The molecule has 5 aliphatic rings. The predicted octanol–water partition coefficient (Wildman–Crippen LogP) is 7.32. The molecule has 3 saturated carbocycles. The van der Waals surface area contributed by atoms with Crippen molar-refractivity contribution >= 4 is 53.4 Å². The minimum absolute atomic E-state index is 0.0684. The zero-order valence-electron chi connectivity index (χ0n) is 60.8. The van der Waals surface area contributed by atoms with Crippen LogP contribution in [0.1, 0.15) is 189 Å². The van der Waals surface area contributed by atoms with E-state index in [9.17, 15) is 44.1 Å². The van der Waals surface area contributed by atoms with Crippen molar-refractivity contribution in [3.05, 3.63) is 82.9 Å². The summed E-state index contributed by atoms with van der Waals surface area (Å²) in [6.07, 6.45) is -7.78. The summed E-state index contributed by atoms with van der Waals surface area (Å²) in [6.45, 7) is 23.0. The Kier molecular flexibility index (Phi) is 28.2.